The Hall–Kier alpha value is -2.79. The van der Waals surface area contributed by atoms with Gasteiger partial charge in [-0.25, -0.2) is 4.98 Å². The monoisotopic (exact) mass is 361 g/mol. The van der Waals surface area contributed by atoms with E-state index in [1.807, 2.05) is 36.4 Å². The largest absolute Gasteiger partial charge is 0.366 e. The highest BCUT2D eigenvalue weighted by atomic mass is 15.2. The van der Waals surface area contributed by atoms with E-state index in [-0.39, 0.29) is 0 Å². The van der Waals surface area contributed by atoms with Crippen LogP contribution in [-0.4, -0.2) is 46.3 Å². The molecule has 1 N–H and O–H groups in total. The summed E-state index contributed by atoms with van der Waals surface area (Å²) in [5.74, 6) is 1.43. The van der Waals surface area contributed by atoms with Gasteiger partial charge in [0.2, 0.25) is 0 Å². The Morgan fingerprint density at radius 3 is 2.19 bits per heavy atom. The quantitative estimate of drug-likeness (QED) is 0.627. The Bertz CT molecular complexity index is 817. The Morgan fingerprint density at radius 2 is 1.52 bits per heavy atom. The Morgan fingerprint density at radius 1 is 0.852 bits per heavy atom. The maximum atomic E-state index is 4.83. The summed E-state index contributed by atoms with van der Waals surface area (Å²) in [6.45, 7) is 8.25. The molecule has 0 atom stereocenters. The van der Waals surface area contributed by atoms with Gasteiger partial charge in [-0.1, -0.05) is 74.5 Å². The minimum atomic E-state index is 0.663. The molecule has 140 valence electrons. The van der Waals surface area contributed by atoms with Gasteiger partial charge < -0.3 is 10.2 Å². The molecule has 0 amide bonds. The first-order valence-corrected chi connectivity index (χ1v) is 9.59. The predicted molar refractivity (Wildman–Crippen MR) is 111 cm³/mol. The lowest BCUT2D eigenvalue weighted by molar-refractivity contribution is 0.316. The first-order chi connectivity index (χ1) is 13.3. The SMILES string of the molecule is CCN(CC)CCNc1nnc(-c2ccccc2)nc1Cc1ccccc1. The van der Waals surface area contributed by atoms with Crippen molar-refractivity contribution in [1.29, 1.82) is 0 Å². The molecule has 0 spiro atoms. The maximum Gasteiger partial charge on any atom is 0.182 e. The molecule has 5 heteroatoms. The molecular weight excluding hydrogens is 334 g/mol. The third kappa shape index (κ3) is 5.34. The van der Waals surface area contributed by atoms with Gasteiger partial charge in [0.05, 0.1) is 5.69 Å². The van der Waals surface area contributed by atoms with Gasteiger partial charge in [-0.2, -0.15) is 0 Å². The molecule has 0 saturated heterocycles. The van der Waals surface area contributed by atoms with Crippen LogP contribution in [0, 0.1) is 0 Å². The van der Waals surface area contributed by atoms with Crippen LogP contribution in [0.5, 0.6) is 0 Å². The first kappa shape index (κ1) is 19.0. The van der Waals surface area contributed by atoms with Crippen molar-refractivity contribution in [2.24, 2.45) is 0 Å². The van der Waals surface area contributed by atoms with E-state index < -0.39 is 0 Å². The van der Waals surface area contributed by atoms with Crippen molar-refractivity contribution < 1.29 is 0 Å². The molecular formula is C22H27N5. The van der Waals surface area contributed by atoms with Gasteiger partial charge in [0.1, 0.15) is 0 Å². The number of rotatable bonds is 9. The molecule has 0 radical (unpaired) electrons. The zero-order valence-electron chi connectivity index (χ0n) is 16.1. The van der Waals surface area contributed by atoms with Crippen molar-refractivity contribution in [3.63, 3.8) is 0 Å². The molecule has 0 unspecified atom stereocenters. The molecule has 0 saturated carbocycles. The van der Waals surface area contributed by atoms with Crippen molar-refractivity contribution in [1.82, 2.24) is 20.1 Å². The van der Waals surface area contributed by atoms with Crippen molar-refractivity contribution >= 4 is 5.82 Å². The highest BCUT2D eigenvalue weighted by Crippen LogP contribution is 2.19. The van der Waals surface area contributed by atoms with E-state index in [2.05, 4.69) is 58.5 Å². The normalized spacial score (nSPS) is 10.9. The Labute approximate surface area is 161 Å². The smallest absolute Gasteiger partial charge is 0.182 e. The van der Waals surface area contributed by atoms with Crippen LogP contribution in [0.3, 0.4) is 0 Å². The summed E-state index contributed by atoms with van der Waals surface area (Å²) in [7, 11) is 0. The van der Waals surface area contributed by atoms with Crippen LogP contribution in [0.15, 0.2) is 60.7 Å². The van der Waals surface area contributed by atoms with Crippen molar-refractivity contribution in [3.05, 3.63) is 71.9 Å². The summed E-state index contributed by atoms with van der Waals surface area (Å²) in [4.78, 5) is 7.20. The number of anilines is 1. The average molecular weight is 361 g/mol. The van der Waals surface area contributed by atoms with E-state index in [1.54, 1.807) is 0 Å². The molecule has 0 bridgehead atoms. The fraction of sp³-hybridized carbons (Fsp3) is 0.318. The number of aromatic nitrogens is 3. The number of benzene rings is 2. The summed E-state index contributed by atoms with van der Waals surface area (Å²) in [5, 5.41) is 12.2. The summed E-state index contributed by atoms with van der Waals surface area (Å²) in [5.41, 5.74) is 3.12. The number of nitrogens with zero attached hydrogens (tertiary/aromatic N) is 4. The highest BCUT2D eigenvalue weighted by molar-refractivity contribution is 5.56. The fourth-order valence-electron chi connectivity index (χ4n) is 2.99. The predicted octanol–water partition coefficient (Wildman–Crippen LogP) is 3.88. The molecule has 2 aromatic carbocycles. The van der Waals surface area contributed by atoms with Gasteiger partial charge in [-0.05, 0) is 18.7 Å². The Kier molecular flexibility index (Phi) is 6.88. The molecule has 0 fully saturated rings. The molecule has 3 rings (SSSR count). The molecule has 3 aromatic rings. The molecule has 1 heterocycles. The minimum Gasteiger partial charge on any atom is -0.366 e. The average Bonchev–Trinajstić information content (AvgIpc) is 2.73. The lowest BCUT2D eigenvalue weighted by Gasteiger charge is -2.18. The molecule has 27 heavy (non-hydrogen) atoms. The van der Waals surface area contributed by atoms with Crippen LogP contribution in [0.1, 0.15) is 25.1 Å². The van der Waals surface area contributed by atoms with Crippen LogP contribution in [0.2, 0.25) is 0 Å². The topological polar surface area (TPSA) is 53.9 Å². The first-order valence-electron chi connectivity index (χ1n) is 9.59. The van der Waals surface area contributed by atoms with E-state index in [1.165, 1.54) is 5.56 Å². The second-order valence-electron chi connectivity index (χ2n) is 6.41. The third-order valence-electron chi connectivity index (χ3n) is 4.62. The Balaban J connectivity index is 1.82. The summed E-state index contributed by atoms with van der Waals surface area (Å²) in [6.07, 6.45) is 0.726. The van der Waals surface area contributed by atoms with Gasteiger partial charge in [-0.3, -0.25) is 0 Å². The van der Waals surface area contributed by atoms with E-state index in [9.17, 15) is 0 Å². The maximum absolute atomic E-state index is 4.83. The number of nitrogens with one attached hydrogen (secondary N) is 1. The van der Waals surface area contributed by atoms with Gasteiger partial charge in [0.15, 0.2) is 11.6 Å². The van der Waals surface area contributed by atoms with Crippen LogP contribution < -0.4 is 5.32 Å². The summed E-state index contributed by atoms with van der Waals surface area (Å²) >= 11 is 0. The molecule has 0 aliphatic rings. The number of likely N-dealkylation sites (N-methyl/N-ethyl adjacent to an activating group) is 1. The number of hydrogen-bond acceptors (Lipinski definition) is 5. The third-order valence-corrected chi connectivity index (χ3v) is 4.62. The van der Waals surface area contributed by atoms with Gasteiger partial charge in [0, 0.05) is 25.1 Å². The molecule has 5 nitrogen and oxygen atoms in total. The summed E-state index contributed by atoms with van der Waals surface area (Å²) in [6, 6.07) is 20.4. The fourth-order valence-corrected chi connectivity index (χ4v) is 2.99. The van der Waals surface area contributed by atoms with E-state index >= 15 is 0 Å². The van der Waals surface area contributed by atoms with Crippen LogP contribution in [-0.2, 0) is 6.42 Å². The highest BCUT2D eigenvalue weighted by Gasteiger charge is 2.11. The second-order valence-corrected chi connectivity index (χ2v) is 6.41. The van der Waals surface area contributed by atoms with Crippen molar-refractivity contribution in [2.75, 3.05) is 31.5 Å². The van der Waals surface area contributed by atoms with Crippen LogP contribution >= 0.6 is 0 Å². The zero-order valence-corrected chi connectivity index (χ0v) is 16.1. The second kappa shape index (κ2) is 9.78. The standard InChI is InChI=1S/C22H27N5/c1-3-27(4-2)16-15-23-22-20(17-18-11-7-5-8-12-18)24-21(25-26-22)19-13-9-6-10-14-19/h5-14H,3-4,15-17H2,1-2H3,(H,23,26). The van der Waals surface area contributed by atoms with Gasteiger partial charge in [-0.15, -0.1) is 10.2 Å². The minimum absolute atomic E-state index is 0.663. The van der Waals surface area contributed by atoms with Gasteiger partial charge in [0.25, 0.3) is 0 Å². The van der Waals surface area contributed by atoms with Crippen molar-refractivity contribution in [2.45, 2.75) is 20.3 Å². The zero-order chi connectivity index (χ0) is 18.9. The molecule has 0 aliphatic carbocycles. The van der Waals surface area contributed by atoms with E-state index in [4.69, 9.17) is 4.98 Å². The van der Waals surface area contributed by atoms with Crippen molar-refractivity contribution in [3.8, 4) is 11.4 Å². The van der Waals surface area contributed by atoms with Crippen LogP contribution in [0.4, 0.5) is 5.82 Å². The number of hydrogen-bond donors (Lipinski definition) is 1. The van der Waals surface area contributed by atoms with Gasteiger partial charge >= 0.3 is 0 Å². The molecule has 1 aromatic heterocycles. The van der Waals surface area contributed by atoms with E-state index in [0.29, 0.717) is 5.82 Å². The summed E-state index contributed by atoms with van der Waals surface area (Å²) < 4.78 is 0. The van der Waals surface area contributed by atoms with E-state index in [0.717, 1.165) is 49.7 Å². The lowest BCUT2D eigenvalue weighted by Crippen LogP contribution is -2.29. The van der Waals surface area contributed by atoms with Crippen LogP contribution in [0.25, 0.3) is 11.4 Å². The molecule has 0 aliphatic heterocycles. The lowest BCUT2D eigenvalue weighted by atomic mass is 10.1.